The molecule has 1 fully saturated rings. The molecule has 0 aromatic heterocycles. The van der Waals surface area contributed by atoms with Crippen LogP contribution in [0, 0.1) is 13.8 Å². The van der Waals surface area contributed by atoms with E-state index in [-0.39, 0.29) is 0 Å². The summed E-state index contributed by atoms with van der Waals surface area (Å²) in [6.07, 6.45) is 0. The van der Waals surface area contributed by atoms with E-state index in [1.165, 1.54) is 50.4 Å². The van der Waals surface area contributed by atoms with Gasteiger partial charge in [0.1, 0.15) is 0 Å². The van der Waals surface area contributed by atoms with Crippen LogP contribution in [-0.4, -0.2) is 62.2 Å². The molecule has 1 aromatic carbocycles. The van der Waals surface area contributed by atoms with Crippen molar-refractivity contribution in [3.63, 3.8) is 0 Å². The molecule has 1 aliphatic heterocycles. The van der Waals surface area contributed by atoms with Crippen molar-refractivity contribution in [1.29, 1.82) is 0 Å². The maximum absolute atomic E-state index is 3.38. The van der Waals surface area contributed by atoms with Gasteiger partial charge >= 0.3 is 0 Å². The molecule has 0 aliphatic carbocycles. The molecular weight excluding hydrogens is 282 g/mol. The van der Waals surface area contributed by atoms with Crippen molar-refractivity contribution in [1.82, 2.24) is 15.1 Å². The Balaban J connectivity index is 0.000000414. The Labute approximate surface area is 145 Å². The molecular formula is C20H39N3. The maximum atomic E-state index is 3.38. The van der Waals surface area contributed by atoms with Crippen molar-refractivity contribution in [2.75, 3.05) is 52.4 Å². The molecule has 0 amide bonds. The van der Waals surface area contributed by atoms with Crippen LogP contribution in [0.1, 0.15) is 38.8 Å². The molecule has 2 rings (SSSR count). The van der Waals surface area contributed by atoms with Gasteiger partial charge in [-0.1, -0.05) is 52.0 Å². The smallest absolute Gasteiger partial charge is 0.0110 e. The Hall–Kier alpha value is -0.900. The lowest BCUT2D eigenvalue weighted by Gasteiger charge is -2.29. The highest BCUT2D eigenvalue weighted by atomic mass is 15.2. The Morgan fingerprint density at radius 3 is 1.83 bits per heavy atom. The minimum atomic E-state index is 1.16. The summed E-state index contributed by atoms with van der Waals surface area (Å²) in [7, 11) is 0. The Morgan fingerprint density at radius 1 is 0.957 bits per heavy atom. The van der Waals surface area contributed by atoms with Gasteiger partial charge < -0.3 is 10.2 Å². The lowest BCUT2D eigenvalue weighted by atomic mass is 10.1. The minimum absolute atomic E-state index is 1.16. The van der Waals surface area contributed by atoms with Gasteiger partial charge in [-0.3, -0.25) is 4.90 Å². The van der Waals surface area contributed by atoms with E-state index in [1.807, 2.05) is 13.8 Å². The topological polar surface area (TPSA) is 18.5 Å². The Bertz CT molecular complexity index is 348. The van der Waals surface area contributed by atoms with E-state index >= 15 is 0 Å². The van der Waals surface area contributed by atoms with Crippen LogP contribution in [0.5, 0.6) is 0 Å². The Morgan fingerprint density at radius 2 is 1.43 bits per heavy atom. The van der Waals surface area contributed by atoms with Crippen molar-refractivity contribution < 1.29 is 0 Å². The van der Waals surface area contributed by atoms with E-state index in [0.717, 1.165) is 13.1 Å². The average Bonchev–Trinajstić information content (AvgIpc) is 2.62. The minimum Gasteiger partial charge on any atom is -0.314 e. The lowest BCUT2D eigenvalue weighted by Crippen LogP contribution is -2.46. The zero-order valence-electron chi connectivity index (χ0n) is 16.4. The molecule has 0 atom stereocenters. The summed E-state index contributed by atoms with van der Waals surface area (Å²) in [6.45, 7) is 22.3. The zero-order valence-corrected chi connectivity index (χ0v) is 16.4. The molecule has 1 N–H and O–H groups in total. The van der Waals surface area contributed by atoms with Gasteiger partial charge in [-0.15, -0.1) is 0 Å². The van der Waals surface area contributed by atoms with Gasteiger partial charge in [0.05, 0.1) is 0 Å². The van der Waals surface area contributed by atoms with Gasteiger partial charge in [0, 0.05) is 39.3 Å². The molecule has 0 saturated carbocycles. The second-order valence-corrected chi connectivity index (χ2v) is 5.70. The SMILES string of the molecule is CC.CCN(CC)CCN1CCNCC1.Cc1ccccc1C. The fourth-order valence-electron chi connectivity index (χ4n) is 2.42. The molecule has 0 spiro atoms. The number of piperazine rings is 1. The van der Waals surface area contributed by atoms with Gasteiger partial charge in [-0.25, -0.2) is 0 Å². The van der Waals surface area contributed by atoms with Crippen LogP contribution in [0.15, 0.2) is 24.3 Å². The molecule has 3 heteroatoms. The third-order valence-corrected chi connectivity index (χ3v) is 4.26. The number of rotatable bonds is 5. The Kier molecular flexibility index (Phi) is 14.1. The summed E-state index contributed by atoms with van der Waals surface area (Å²) in [5, 5.41) is 3.38. The first kappa shape index (κ1) is 22.1. The van der Waals surface area contributed by atoms with Crippen LogP contribution < -0.4 is 5.32 Å². The first-order chi connectivity index (χ1) is 11.2. The summed E-state index contributed by atoms with van der Waals surface area (Å²) in [4.78, 5) is 5.04. The summed E-state index contributed by atoms with van der Waals surface area (Å²) >= 11 is 0. The predicted octanol–water partition coefficient (Wildman–Crippen LogP) is 3.56. The van der Waals surface area contributed by atoms with E-state index in [0.29, 0.717) is 0 Å². The number of aryl methyl sites for hydroxylation is 2. The molecule has 0 unspecified atom stereocenters. The fraction of sp³-hybridized carbons (Fsp3) is 0.700. The quantitative estimate of drug-likeness (QED) is 0.894. The summed E-state index contributed by atoms with van der Waals surface area (Å²) in [6, 6.07) is 8.36. The van der Waals surface area contributed by atoms with Gasteiger partial charge in [-0.2, -0.15) is 0 Å². The predicted molar refractivity (Wildman–Crippen MR) is 104 cm³/mol. The zero-order chi connectivity index (χ0) is 17.5. The fourth-order valence-corrected chi connectivity index (χ4v) is 2.42. The third-order valence-electron chi connectivity index (χ3n) is 4.26. The van der Waals surface area contributed by atoms with Crippen molar-refractivity contribution in [2.45, 2.75) is 41.5 Å². The number of nitrogens with zero attached hydrogens (tertiary/aromatic N) is 2. The largest absolute Gasteiger partial charge is 0.314 e. The van der Waals surface area contributed by atoms with Crippen molar-refractivity contribution >= 4 is 0 Å². The monoisotopic (exact) mass is 321 g/mol. The van der Waals surface area contributed by atoms with Crippen molar-refractivity contribution in [2.24, 2.45) is 0 Å². The van der Waals surface area contributed by atoms with E-state index in [9.17, 15) is 0 Å². The first-order valence-electron chi connectivity index (χ1n) is 9.35. The van der Waals surface area contributed by atoms with E-state index in [1.54, 1.807) is 0 Å². The number of benzene rings is 1. The highest BCUT2D eigenvalue weighted by Crippen LogP contribution is 2.02. The number of hydrogen-bond acceptors (Lipinski definition) is 3. The number of likely N-dealkylation sites (N-methyl/N-ethyl adjacent to an activating group) is 1. The second kappa shape index (κ2) is 14.7. The van der Waals surface area contributed by atoms with E-state index < -0.39 is 0 Å². The first-order valence-corrected chi connectivity index (χ1v) is 9.35. The number of hydrogen-bond donors (Lipinski definition) is 1. The van der Waals surface area contributed by atoms with Crippen LogP contribution in [0.2, 0.25) is 0 Å². The molecule has 3 nitrogen and oxygen atoms in total. The average molecular weight is 322 g/mol. The van der Waals surface area contributed by atoms with Crippen molar-refractivity contribution in [3.05, 3.63) is 35.4 Å². The number of nitrogens with one attached hydrogen (secondary N) is 1. The van der Waals surface area contributed by atoms with Gasteiger partial charge in [0.2, 0.25) is 0 Å². The highest BCUT2D eigenvalue weighted by molar-refractivity contribution is 5.23. The molecule has 1 aromatic rings. The van der Waals surface area contributed by atoms with E-state index in [2.05, 4.69) is 67.1 Å². The van der Waals surface area contributed by atoms with Crippen LogP contribution in [-0.2, 0) is 0 Å². The van der Waals surface area contributed by atoms with Crippen LogP contribution >= 0.6 is 0 Å². The van der Waals surface area contributed by atoms with Gasteiger partial charge in [0.25, 0.3) is 0 Å². The summed E-state index contributed by atoms with van der Waals surface area (Å²) in [5.74, 6) is 0. The lowest BCUT2D eigenvalue weighted by molar-refractivity contribution is 0.197. The summed E-state index contributed by atoms with van der Waals surface area (Å²) < 4.78 is 0. The maximum Gasteiger partial charge on any atom is 0.0110 e. The van der Waals surface area contributed by atoms with E-state index in [4.69, 9.17) is 0 Å². The van der Waals surface area contributed by atoms with Crippen LogP contribution in [0.25, 0.3) is 0 Å². The van der Waals surface area contributed by atoms with Gasteiger partial charge in [-0.05, 0) is 38.1 Å². The van der Waals surface area contributed by atoms with Gasteiger partial charge in [0.15, 0.2) is 0 Å². The van der Waals surface area contributed by atoms with Crippen LogP contribution in [0.3, 0.4) is 0 Å². The molecule has 0 bridgehead atoms. The molecule has 134 valence electrons. The highest BCUT2D eigenvalue weighted by Gasteiger charge is 2.09. The molecule has 1 saturated heterocycles. The normalized spacial score (nSPS) is 14.6. The molecule has 1 heterocycles. The third kappa shape index (κ3) is 10.5. The second-order valence-electron chi connectivity index (χ2n) is 5.70. The standard InChI is InChI=1S/C10H23N3.C8H10.C2H6/c1-3-12(4-2)9-10-13-7-5-11-6-8-13;1-7-5-3-4-6-8(7)2;1-2/h11H,3-10H2,1-2H3;3-6H,1-2H3;1-2H3. The molecule has 0 radical (unpaired) electrons. The molecule has 23 heavy (non-hydrogen) atoms. The molecule has 1 aliphatic rings. The summed E-state index contributed by atoms with van der Waals surface area (Å²) in [5.41, 5.74) is 2.74. The van der Waals surface area contributed by atoms with Crippen molar-refractivity contribution in [3.8, 4) is 0 Å². The van der Waals surface area contributed by atoms with Crippen LogP contribution in [0.4, 0.5) is 0 Å².